The third kappa shape index (κ3) is 2.83. The highest BCUT2D eigenvalue weighted by atomic mass is 16.1. The lowest BCUT2D eigenvalue weighted by molar-refractivity contribution is 0.0956. The first-order valence-corrected chi connectivity index (χ1v) is 7.11. The summed E-state index contributed by atoms with van der Waals surface area (Å²) in [7, 11) is 0. The summed E-state index contributed by atoms with van der Waals surface area (Å²) in [5.41, 5.74) is 8.33. The molecule has 1 unspecified atom stereocenters. The van der Waals surface area contributed by atoms with E-state index in [4.69, 9.17) is 5.73 Å². The molecule has 0 bridgehead atoms. The highest BCUT2D eigenvalue weighted by molar-refractivity contribution is 6.00. The zero-order chi connectivity index (χ0) is 13.8. The molecule has 1 aliphatic rings. The van der Waals surface area contributed by atoms with Crippen molar-refractivity contribution in [1.82, 2.24) is 5.32 Å². The van der Waals surface area contributed by atoms with Gasteiger partial charge in [0.25, 0.3) is 5.91 Å². The van der Waals surface area contributed by atoms with Gasteiger partial charge in [-0.2, -0.15) is 0 Å². The molecular weight excluding hydrogens is 238 g/mol. The van der Waals surface area contributed by atoms with Crippen molar-refractivity contribution in [1.29, 1.82) is 0 Å². The van der Waals surface area contributed by atoms with Crippen LogP contribution in [0.3, 0.4) is 0 Å². The maximum absolute atomic E-state index is 12.1. The Kier molecular flexibility index (Phi) is 4.30. The van der Waals surface area contributed by atoms with Crippen LogP contribution in [0.25, 0.3) is 0 Å². The molecule has 4 heteroatoms. The van der Waals surface area contributed by atoms with Crippen molar-refractivity contribution >= 4 is 17.3 Å². The topological polar surface area (TPSA) is 58.4 Å². The van der Waals surface area contributed by atoms with Gasteiger partial charge < -0.3 is 16.0 Å². The minimum atomic E-state index is -0.0146. The van der Waals surface area contributed by atoms with Crippen LogP contribution < -0.4 is 16.0 Å². The quantitative estimate of drug-likeness (QED) is 0.818. The van der Waals surface area contributed by atoms with Crippen molar-refractivity contribution in [2.45, 2.75) is 39.2 Å². The molecule has 0 aromatic heterocycles. The van der Waals surface area contributed by atoms with Gasteiger partial charge in [-0.05, 0) is 44.4 Å². The Morgan fingerprint density at radius 3 is 2.95 bits per heavy atom. The Balaban J connectivity index is 2.37. The van der Waals surface area contributed by atoms with Crippen molar-refractivity contribution in [3.8, 4) is 0 Å². The molecule has 1 aliphatic heterocycles. The number of nitrogens with zero attached hydrogens (tertiary/aromatic N) is 1. The molecule has 3 N–H and O–H groups in total. The number of hydrogen-bond donors (Lipinski definition) is 2. The van der Waals surface area contributed by atoms with Gasteiger partial charge in [0.1, 0.15) is 0 Å². The lowest BCUT2D eigenvalue weighted by atomic mass is 10.1. The fourth-order valence-electron chi connectivity index (χ4n) is 2.81. The number of amides is 1. The van der Waals surface area contributed by atoms with E-state index in [1.54, 1.807) is 6.07 Å². The second-order valence-electron chi connectivity index (χ2n) is 5.03. The van der Waals surface area contributed by atoms with Crippen LogP contribution in [0, 0.1) is 0 Å². The highest BCUT2D eigenvalue weighted by Gasteiger charge is 2.26. The lowest BCUT2D eigenvalue weighted by Crippen LogP contribution is -2.32. The smallest absolute Gasteiger partial charge is 0.253 e. The molecule has 19 heavy (non-hydrogen) atoms. The van der Waals surface area contributed by atoms with Crippen LogP contribution in [0.5, 0.6) is 0 Å². The molecule has 0 saturated carbocycles. The van der Waals surface area contributed by atoms with Crippen LogP contribution in [-0.2, 0) is 0 Å². The van der Waals surface area contributed by atoms with Gasteiger partial charge in [0.05, 0.1) is 11.3 Å². The second kappa shape index (κ2) is 5.95. The largest absolute Gasteiger partial charge is 0.399 e. The van der Waals surface area contributed by atoms with Crippen molar-refractivity contribution in [3.63, 3.8) is 0 Å². The summed E-state index contributed by atoms with van der Waals surface area (Å²) in [6.45, 7) is 5.77. The Hall–Kier alpha value is -1.71. The number of hydrogen-bond acceptors (Lipinski definition) is 3. The summed E-state index contributed by atoms with van der Waals surface area (Å²) < 4.78 is 0. The maximum atomic E-state index is 12.1. The van der Waals surface area contributed by atoms with Crippen LogP contribution in [0.4, 0.5) is 11.4 Å². The van der Waals surface area contributed by atoms with Gasteiger partial charge in [-0.15, -0.1) is 0 Å². The minimum Gasteiger partial charge on any atom is -0.399 e. The predicted octanol–water partition coefficient (Wildman–Crippen LogP) is 2.40. The van der Waals surface area contributed by atoms with E-state index in [0.29, 0.717) is 18.3 Å². The van der Waals surface area contributed by atoms with E-state index >= 15 is 0 Å². The molecule has 2 rings (SSSR count). The lowest BCUT2D eigenvalue weighted by Gasteiger charge is -2.28. The molecule has 4 nitrogen and oxygen atoms in total. The van der Waals surface area contributed by atoms with Gasteiger partial charge in [0.2, 0.25) is 0 Å². The number of nitrogens with one attached hydrogen (secondary N) is 1. The van der Waals surface area contributed by atoms with E-state index in [0.717, 1.165) is 24.2 Å². The van der Waals surface area contributed by atoms with E-state index < -0.39 is 0 Å². The molecular formula is C15H23N3O. The van der Waals surface area contributed by atoms with Crippen molar-refractivity contribution in [2.24, 2.45) is 0 Å². The molecule has 1 atom stereocenters. The van der Waals surface area contributed by atoms with Crippen molar-refractivity contribution in [3.05, 3.63) is 23.8 Å². The third-order valence-electron chi connectivity index (χ3n) is 3.76. The summed E-state index contributed by atoms with van der Waals surface area (Å²) in [5.74, 6) is -0.0146. The summed E-state index contributed by atoms with van der Waals surface area (Å²) in [6, 6.07) is 6.08. The number of benzene rings is 1. The van der Waals surface area contributed by atoms with Crippen LogP contribution in [0.2, 0.25) is 0 Å². The first-order valence-electron chi connectivity index (χ1n) is 7.11. The number of nitrogen functional groups attached to an aromatic ring is 1. The summed E-state index contributed by atoms with van der Waals surface area (Å²) in [6.07, 6.45) is 3.48. The molecule has 0 spiro atoms. The minimum absolute atomic E-state index is 0.0146. The molecule has 1 aromatic carbocycles. The van der Waals surface area contributed by atoms with E-state index in [2.05, 4.69) is 17.1 Å². The summed E-state index contributed by atoms with van der Waals surface area (Å²) in [4.78, 5) is 14.5. The van der Waals surface area contributed by atoms with E-state index in [1.807, 2.05) is 19.1 Å². The Morgan fingerprint density at radius 2 is 2.26 bits per heavy atom. The average Bonchev–Trinajstić information content (AvgIpc) is 2.86. The second-order valence-corrected chi connectivity index (χ2v) is 5.03. The first kappa shape index (κ1) is 13.7. The number of nitrogens with two attached hydrogens (primary N) is 1. The van der Waals surface area contributed by atoms with Gasteiger partial charge in [0, 0.05) is 24.8 Å². The fraction of sp³-hybridized carbons (Fsp3) is 0.533. The summed E-state index contributed by atoms with van der Waals surface area (Å²) >= 11 is 0. The number of anilines is 2. The number of carbonyl (C=O) groups excluding carboxylic acids is 1. The average molecular weight is 261 g/mol. The Bertz CT molecular complexity index is 459. The van der Waals surface area contributed by atoms with E-state index in [-0.39, 0.29) is 5.91 Å². The SMILES string of the molecule is CCNC(=O)c1ccc(N)cc1N1CCCC1CC. The number of rotatable bonds is 4. The standard InChI is InChI=1S/C15H23N3O/c1-3-12-6-5-9-18(12)14-10-11(16)7-8-13(14)15(19)17-4-2/h7-8,10,12H,3-6,9,16H2,1-2H3,(H,17,19). The molecule has 104 valence electrons. The number of carbonyl (C=O) groups is 1. The maximum Gasteiger partial charge on any atom is 0.253 e. The zero-order valence-electron chi connectivity index (χ0n) is 11.8. The van der Waals surface area contributed by atoms with Crippen LogP contribution >= 0.6 is 0 Å². The monoisotopic (exact) mass is 261 g/mol. The first-order chi connectivity index (χ1) is 9.17. The fourth-order valence-corrected chi connectivity index (χ4v) is 2.81. The van der Waals surface area contributed by atoms with Crippen LogP contribution in [-0.4, -0.2) is 25.0 Å². The molecule has 1 amide bonds. The highest BCUT2D eigenvalue weighted by Crippen LogP contribution is 2.31. The van der Waals surface area contributed by atoms with E-state index in [1.165, 1.54) is 12.8 Å². The van der Waals surface area contributed by atoms with Crippen LogP contribution in [0.15, 0.2) is 18.2 Å². The molecule has 0 radical (unpaired) electrons. The molecule has 1 aromatic rings. The predicted molar refractivity (Wildman–Crippen MR) is 79.5 cm³/mol. The summed E-state index contributed by atoms with van der Waals surface area (Å²) in [5, 5.41) is 2.87. The van der Waals surface area contributed by atoms with Crippen LogP contribution in [0.1, 0.15) is 43.5 Å². The zero-order valence-corrected chi connectivity index (χ0v) is 11.8. The third-order valence-corrected chi connectivity index (χ3v) is 3.76. The Morgan fingerprint density at radius 1 is 1.47 bits per heavy atom. The molecule has 1 saturated heterocycles. The molecule has 0 aliphatic carbocycles. The van der Waals surface area contributed by atoms with Gasteiger partial charge >= 0.3 is 0 Å². The molecule has 1 fully saturated rings. The van der Waals surface area contributed by atoms with Gasteiger partial charge in [-0.25, -0.2) is 0 Å². The Labute approximate surface area is 115 Å². The van der Waals surface area contributed by atoms with Crippen molar-refractivity contribution in [2.75, 3.05) is 23.7 Å². The molecule has 1 heterocycles. The normalized spacial score (nSPS) is 18.6. The van der Waals surface area contributed by atoms with Crippen molar-refractivity contribution < 1.29 is 4.79 Å². The van der Waals surface area contributed by atoms with Gasteiger partial charge in [0.15, 0.2) is 0 Å². The van der Waals surface area contributed by atoms with E-state index in [9.17, 15) is 4.79 Å². The van der Waals surface area contributed by atoms with Gasteiger partial charge in [-0.3, -0.25) is 4.79 Å². The van der Waals surface area contributed by atoms with Gasteiger partial charge in [-0.1, -0.05) is 6.92 Å².